The van der Waals surface area contributed by atoms with Gasteiger partial charge >= 0.3 is 13.8 Å². The van der Waals surface area contributed by atoms with Crippen molar-refractivity contribution in [1.82, 2.24) is 0 Å². The van der Waals surface area contributed by atoms with Crippen LogP contribution in [0, 0.1) is 0 Å². The first kappa shape index (κ1) is 27.4. The van der Waals surface area contributed by atoms with Crippen LogP contribution in [0.1, 0.15) is 0 Å². The molecule has 0 saturated carbocycles. The van der Waals surface area contributed by atoms with E-state index in [1.54, 1.807) is 0 Å². The van der Waals surface area contributed by atoms with Gasteiger partial charge in [0, 0.05) is 65.9 Å². The second-order valence-electron chi connectivity index (χ2n) is 7.75. The summed E-state index contributed by atoms with van der Waals surface area (Å²) in [5.74, 6) is -3.01. The molecule has 0 N–H and O–H groups in total. The number of nitrogens with zero attached hydrogens (tertiary/aromatic N) is 3. The van der Waals surface area contributed by atoms with Crippen molar-refractivity contribution in [2.24, 2.45) is 7.05 Å². The smallest absolute Gasteiger partial charge is 0.430 e. The molecule has 0 unspecified atom stereocenters. The first-order valence-electron chi connectivity index (χ1n) is 9.92. The maximum atomic E-state index is 13.5. The fraction of sp³-hybridized carbons (Fsp3) is 0.364. The number of pyridine rings is 1. The highest BCUT2D eigenvalue weighted by Crippen LogP contribution is 2.48. The Morgan fingerprint density at radius 2 is 1.26 bits per heavy atom. The van der Waals surface area contributed by atoms with Crippen LogP contribution in [0.3, 0.4) is 0 Å². The van der Waals surface area contributed by atoms with Crippen LogP contribution in [-0.4, -0.2) is 54.6 Å². The van der Waals surface area contributed by atoms with Crippen LogP contribution in [-0.2, 0) is 25.5 Å². The average Bonchev–Trinajstić information content (AvgIpc) is 2.78. The molecule has 2 aromatic carbocycles. The first-order valence-corrected chi connectivity index (χ1v) is 11.5. The van der Waals surface area contributed by atoms with Crippen LogP contribution in [0.2, 0.25) is 0 Å². The number of carbonyl (C=O) groups excluding carboxylic acids is 1. The van der Waals surface area contributed by atoms with Gasteiger partial charge in [0.25, 0.3) is 0 Å². The average molecular weight is 501 g/mol. The summed E-state index contributed by atoms with van der Waals surface area (Å²) in [6.45, 7) is 0. The molecule has 186 valence electrons. The number of carbonyl (C=O) groups is 1. The number of carboxylic acid groups (broad SMARTS) is 1. The molecule has 1 heterocycles. The molecule has 0 bridgehead atoms. The van der Waals surface area contributed by atoms with Crippen molar-refractivity contribution in [3.63, 3.8) is 0 Å². The number of aliphatic carboxylic acids is 1. The first-order chi connectivity index (χ1) is 15.7. The minimum absolute atomic E-state index is 0.603. The van der Waals surface area contributed by atoms with E-state index in [9.17, 15) is 17.7 Å². The van der Waals surface area contributed by atoms with E-state index in [2.05, 4.69) is 16.7 Å². The highest BCUT2D eigenvalue weighted by molar-refractivity contribution is 7.63. The van der Waals surface area contributed by atoms with Gasteiger partial charge in [0.2, 0.25) is 11.0 Å². The quantitative estimate of drug-likeness (QED) is 0.302. The Labute approximate surface area is 195 Å². The van der Waals surface area contributed by atoms with E-state index in [0.29, 0.717) is 5.30 Å². The molecule has 34 heavy (non-hydrogen) atoms. The number of aromatic nitrogens is 1. The second kappa shape index (κ2) is 10.2. The lowest BCUT2D eigenvalue weighted by Gasteiger charge is -2.20. The SMILES string of the molecule is COP(=O)(OC)c1c2ccc(N(C)C)cc2[n+](C)c2cc(N(C)C)ccc12.O=C([O-])C(F)(F)F. The minimum atomic E-state index is -5.19. The lowest BCUT2D eigenvalue weighted by molar-refractivity contribution is -0.617. The number of anilines is 2. The highest BCUT2D eigenvalue weighted by atomic mass is 31.2. The van der Waals surface area contributed by atoms with Crippen LogP contribution < -0.4 is 24.8 Å². The molecule has 1 aromatic heterocycles. The van der Waals surface area contributed by atoms with Gasteiger partial charge in [0.15, 0.2) is 0 Å². The minimum Gasteiger partial charge on any atom is -0.542 e. The van der Waals surface area contributed by atoms with Gasteiger partial charge < -0.3 is 28.7 Å². The standard InChI is InChI=1S/C20H27N3O3P.C2HF3O2/c1-21(2)14-8-10-16-18(12-14)23(5)19-13-15(22(3)4)9-11-17(19)20(16)27(24,25-6)26-7;3-2(4,5)1(6)7/h8-13H,1-7H3;(H,6,7)/q+1;/p-1. The summed E-state index contributed by atoms with van der Waals surface area (Å²) < 4.78 is 57.9. The van der Waals surface area contributed by atoms with Crippen molar-refractivity contribution in [2.75, 3.05) is 52.2 Å². The molecule has 0 amide bonds. The number of hydrogen-bond donors (Lipinski definition) is 0. The van der Waals surface area contributed by atoms with Crippen LogP contribution >= 0.6 is 7.60 Å². The summed E-state index contributed by atoms with van der Waals surface area (Å²) in [4.78, 5) is 12.9. The van der Waals surface area contributed by atoms with Crippen LogP contribution in [0.5, 0.6) is 0 Å². The third kappa shape index (κ3) is 5.43. The van der Waals surface area contributed by atoms with Crippen molar-refractivity contribution in [3.05, 3.63) is 36.4 Å². The molecule has 0 atom stereocenters. The zero-order valence-corrected chi connectivity index (χ0v) is 20.8. The van der Waals surface area contributed by atoms with Gasteiger partial charge in [-0.05, 0) is 24.3 Å². The number of halogens is 3. The van der Waals surface area contributed by atoms with E-state index in [1.807, 2.05) is 69.3 Å². The number of aryl methyl sites for hydroxylation is 1. The number of rotatable bonds is 5. The zero-order chi connectivity index (χ0) is 26.0. The number of alkyl halides is 3. The monoisotopic (exact) mass is 501 g/mol. The Morgan fingerprint density at radius 3 is 1.53 bits per heavy atom. The molecule has 0 radical (unpaired) electrons. The number of hydrogen-bond acceptors (Lipinski definition) is 7. The Kier molecular flexibility index (Phi) is 8.18. The lowest BCUT2D eigenvalue weighted by Crippen LogP contribution is -2.37. The van der Waals surface area contributed by atoms with Crippen molar-refractivity contribution in [1.29, 1.82) is 0 Å². The van der Waals surface area contributed by atoms with Crippen molar-refractivity contribution >= 4 is 52.1 Å². The topological polar surface area (TPSA) is 86.0 Å². The van der Waals surface area contributed by atoms with E-state index in [0.717, 1.165) is 33.2 Å². The van der Waals surface area contributed by atoms with E-state index in [4.69, 9.17) is 18.9 Å². The third-order valence-electron chi connectivity index (χ3n) is 5.21. The van der Waals surface area contributed by atoms with E-state index >= 15 is 0 Å². The predicted octanol–water partition coefficient (Wildman–Crippen LogP) is 2.36. The van der Waals surface area contributed by atoms with Gasteiger partial charge in [-0.15, -0.1) is 0 Å². The summed E-state index contributed by atoms with van der Waals surface area (Å²) in [6, 6.07) is 12.2. The fourth-order valence-corrected chi connectivity index (χ4v) is 4.86. The molecule has 0 aliphatic rings. The summed E-state index contributed by atoms with van der Waals surface area (Å²) in [5, 5.41) is 11.1. The van der Waals surface area contributed by atoms with Gasteiger partial charge in [-0.25, -0.2) is 0 Å². The number of carboxylic acids is 1. The van der Waals surface area contributed by atoms with E-state index < -0.39 is 19.7 Å². The molecule has 0 saturated heterocycles. The molecular weight excluding hydrogens is 474 g/mol. The van der Waals surface area contributed by atoms with Gasteiger partial charge in [-0.1, -0.05) is 0 Å². The molecule has 0 fully saturated rings. The third-order valence-corrected chi connectivity index (χ3v) is 7.21. The molecule has 12 heteroatoms. The Bertz CT molecular complexity index is 1190. The lowest BCUT2D eigenvalue weighted by atomic mass is 10.1. The normalized spacial score (nSPS) is 11.8. The molecule has 3 aromatic rings. The number of benzene rings is 2. The van der Waals surface area contributed by atoms with Gasteiger partial charge in [0.1, 0.15) is 13.0 Å². The summed E-state index contributed by atoms with van der Waals surface area (Å²) >= 11 is 0. The van der Waals surface area contributed by atoms with Crippen molar-refractivity contribution in [3.8, 4) is 0 Å². The maximum absolute atomic E-state index is 13.5. The Morgan fingerprint density at radius 1 is 0.912 bits per heavy atom. The molecule has 0 aliphatic carbocycles. The van der Waals surface area contributed by atoms with Crippen LogP contribution in [0.25, 0.3) is 21.8 Å². The van der Waals surface area contributed by atoms with Crippen LogP contribution in [0.4, 0.5) is 24.5 Å². The number of fused-ring (bicyclic) bond motifs is 2. The summed E-state index contributed by atoms with van der Waals surface area (Å²) in [7, 11) is 9.43. The predicted molar refractivity (Wildman–Crippen MR) is 124 cm³/mol. The molecule has 0 spiro atoms. The van der Waals surface area contributed by atoms with Crippen molar-refractivity contribution < 1.29 is 41.3 Å². The highest BCUT2D eigenvalue weighted by Gasteiger charge is 2.33. The van der Waals surface area contributed by atoms with Gasteiger partial charge in [-0.2, -0.15) is 17.7 Å². The largest absolute Gasteiger partial charge is 0.542 e. The molecule has 3 rings (SSSR count). The van der Waals surface area contributed by atoms with E-state index in [1.165, 1.54) is 14.2 Å². The van der Waals surface area contributed by atoms with Crippen LogP contribution in [0.15, 0.2) is 36.4 Å². The van der Waals surface area contributed by atoms with Gasteiger partial charge in [-0.3, -0.25) is 4.57 Å². The Hall–Kier alpha value is -2.88. The van der Waals surface area contributed by atoms with Crippen molar-refractivity contribution in [2.45, 2.75) is 6.18 Å². The zero-order valence-electron chi connectivity index (χ0n) is 19.9. The summed E-state index contributed by atoms with van der Waals surface area (Å²) in [6.07, 6.45) is -5.19. The maximum Gasteiger partial charge on any atom is 0.430 e. The molecular formula is C22H27F3N3O5P. The van der Waals surface area contributed by atoms with Gasteiger partial charge in [0.05, 0.1) is 16.1 Å². The fourth-order valence-electron chi connectivity index (χ4n) is 3.38. The second-order valence-corrected chi connectivity index (χ2v) is 9.92. The molecule has 8 nitrogen and oxygen atoms in total. The summed E-state index contributed by atoms with van der Waals surface area (Å²) in [5.41, 5.74) is 4.07. The molecule has 0 aliphatic heterocycles. The van der Waals surface area contributed by atoms with E-state index in [-0.39, 0.29) is 0 Å². The Balaban J connectivity index is 0.000000509.